The monoisotopic (exact) mass is 299 g/mol. The quantitative estimate of drug-likeness (QED) is 0.655. The van der Waals surface area contributed by atoms with Gasteiger partial charge >= 0.3 is 0 Å². The number of pyridine rings is 1. The second kappa shape index (κ2) is 7.21. The van der Waals surface area contributed by atoms with Gasteiger partial charge in [0, 0.05) is 17.5 Å². The number of carbonyl (C=O) groups is 1. The Balaban J connectivity index is 2.05. The maximum Gasteiger partial charge on any atom is 0.272 e. The highest BCUT2D eigenvalue weighted by molar-refractivity contribution is 5.94. The molecule has 1 aromatic heterocycles. The number of nitrogens with zero attached hydrogens (tertiary/aromatic N) is 2. The average Bonchev–Trinajstić information content (AvgIpc) is 2.51. The summed E-state index contributed by atoms with van der Waals surface area (Å²) in [5.74, 6) is -0.0101. The molecule has 0 atom stereocenters. The van der Waals surface area contributed by atoms with E-state index in [0.717, 1.165) is 5.69 Å². The van der Waals surface area contributed by atoms with Crippen LogP contribution in [0, 0.1) is 6.92 Å². The molecule has 0 spiro atoms. The summed E-state index contributed by atoms with van der Waals surface area (Å²) in [5.41, 5.74) is 4.08. The normalized spacial score (nSPS) is 10.6. The molecule has 0 saturated carbocycles. The molecule has 22 heavy (non-hydrogen) atoms. The Hall–Kier alpha value is -2.89. The van der Waals surface area contributed by atoms with Gasteiger partial charge in [-0.1, -0.05) is 6.07 Å². The molecule has 114 valence electrons. The zero-order valence-corrected chi connectivity index (χ0v) is 12.4. The number of benzene rings is 1. The fourth-order valence-electron chi connectivity index (χ4n) is 1.74. The van der Waals surface area contributed by atoms with E-state index in [0.29, 0.717) is 23.5 Å². The van der Waals surface area contributed by atoms with Crippen LogP contribution in [-0.4, -0.2) is 28.8 Å². The molecule has 0 unspecified atom stereocenters. The minimum absolute atomic E-state index is 0.0145. The first kappa shape index (κ1) is 15.5. The van der Waals surface area contributed by atoms with Crippen molar-refractivity contribution >= 4 is 12.1 Å². The Morgan fingerprint density at radius 2 is 2.23 bits per heavy atom. The van der Waals surface area contributed by atoms with Gasteiger partial charge in [0.1, 0.15) is 0 Å². The summed E-state index contributed by atoms with van der Waals surface area (Å²) < 4.78 is 5.28. The summed E-state index contributed by atoms with van der Waals surface area (Å²) in [6, 6.07) is 8.47. The summed E-state index contributed by atoms with van der Waals surface area (Å²) >= 11 is 0. The summed E-state index contributed by atoms with van der Waals surface area (Å²) in [6.45, 7) is 4.12. The summed E-state index contributed by atoms with van der Waals surface area (Å²) in [7, 11) is 0. The molecule has 0 radical (unpaired) electrons. The zero-order chi connectivity index (χ0) is 15.9. The lowest BCUT2D eigenvalue weighted by Crippen LogP contribution is -2.17. The molecule has 2 aromatic rings. The second-order valence-electron chi connectivity index (χ2n) is 4.51. The average molecular weight is 299 g/mol. The highest BCUT2D eigenvalue weighted by Gasteiger charge is 2.07. The number of phenols is 1. The molecule has 0 fully saturated rings. The predicted octanol–water partition coefficient (Wildman–Crippen LogP) is 2.26. The molecular weight excluding hydrogens is 282 g/mol. The van der Waals surface area contributed by atoms with Crippen LogP contribution < -0.4 is 10.2 Å². The number of carbonyl (C=O) groups excluding carboxylic acids is 1. The number of aromatic nitrogens is 1. The first-order valence-corrected chi connectivity index (χ1v) is 6.82. The number of aromatic hydroxyl groups is 1. The van der Waals surface area contributed by atoms with E-state index >= 15 is 0 Å². The third kappa shape index (κ3) is 3.82. The van der Waals surface area contributed by atoms with Crippen LogP contribution in [0.15, 0.2) is 41.6 Å². The molecule has 0 aliphatic heterocycles. The molecule has 6 heteroatoms. The SMILES string of the molecule is CCOc1cccc(/C=N/NC(=O)c2ccc(C)nc2)c1O. The molecule has 1 aromatic carbocycles. The number of nitrogens with one attached hydrogen (secondary N) is 1. The van der Waals surface area contributed by atoms with Crippen molar-refractivity contribution in [3.05, 3.63) is 53.3 Å². The Morgan fingerprint density at radius 3 is 2.91 bits per heavy atom. The number of aryl methyl sites for hydroxylation is 1. The summed E-state index contributed by atoms with van der Waals surface area (Å²) in [5, 5.41) is 13.8. The van der Waals surface area contributed by atoms with E-state index in [1.807, 2.05) is 13.8 Å². The van der Waals surface area contributed by atoms with Gasteiger partial charge in [0.25, 0.3) is 5.91 Å². The van der Waals surface area contributed by atoms with Crippen LogP contribution in [0.2, 0.25) is 0 Å². The fraction of sp³-hybridized carbons (Fsp3) is 0.188. The highest BCUT2D eigenvalue weighted by Crippen LogP contribution is 2.28. The Labute approximate surface area is 128 Å². The molecular formula is C16H17N3O3. The molecule has 0 aliphatic rings. The molecule has 2 rings (SSSR count). The van der Waals surface area contributed by atoms with E-state index in [4.69, 9.17) is 4.74 Å². The molecule has 2 N–H and O–H groups in total. The number of para-hydroxylation sites is 1. The number of phenolic OH excluding ortho intramolecular Hbond substituents is 1. The van der Waals surface area contributed by atoms with Crippen LogP contribution in [-0.2, 0) is 0 Å². The molecule has 1 amide bonds. The molecule has 0 saturated heterocycles. The number of hydrazone groups is 1. The summed E-state index contributed by atoms with van der Waals surface area (Å²) in [4.78, 5) is 15.9. The maximum atomic E-state index is 11.8. The Kier molecular flexibility index (Phi) is 5.08. The number of amides is 1. The van der Waals surface area contributed by atoms with E-state index in [-0.39, 0.29) is 11.7 Å². The van der Waals surface area contributed by atoms with Gasteiger partial charge in [0.2, 0.25) is 0 Å². The van der Waals surface area contributed by atoms with Gasteiger partial charge in [-0.25, -0.2) is 5.43 Å². The van der Waals surface area contributed by atoms with Crippen LogP contribution in [0.25, 0.3) is 0 Å². The van der Waals surface area contributed by atoms with Gasteiger partial charge in [0.15, 0.2) is 11.5 Å². The first-order valence-electron chi connectivity index (χ1n) is 6.82. The smallest absolute Gasteiger partial charge is 0.272 e. The van der Waals surface area contributed by atoms with Crippen LogP contribution in [0.4, 0.5) is 0 Å². The van der Waals surface area contributed by atoms with Crippen LogP contribution >= 0.6 is 0 Å². The van der Waals surface area contributed by atoms with Gasteiger partial charge in [-0.05, 0) is 38.1 Å². The molecule has 6 nitrogen and oxygen atoms in total. The fourth-order valence-corrected chi connectivity index (χ4v) is 1.74. The minimum Gasteiger partial charge on any atom is -0.504 e. The number of rotatable bonds is 5. The Morgan fingerprint density at radius 1 is 1.41 bits per heavy atom. The highest BCUT2D eigenvalue weighted by atomic mass is 16.5. The van der Waals surface area contributed by atoms with E-state index in [2.05, 4.69) is 15.5 Å². The van der Waals surface area contributed by atoms with Crippen LogP contribution in [0.1, 0.15) is 28.5 Å². The van der Waals surface area contributed by atoms with Crippen molar-refractivity contribution in [2.24, 2.45) is 5.10 Å². The second-order valence-corrected chi connectivity index (χ2v) is 4.51. The van der Waals surface area contributed by atoms with Gasteiger partial charge in [0.05, 0.1) is 18.4 Å². The summed E-state index contributed by atoms with van der Waals surface area (Å²) in [6.07, 6.45) is 2.84. The lowest BCUT2D eigenvalue weighted by atomic mass is 10.2. The molecule has 0 bridgehead atoms. The zero-order valence-electron chi connectivity index (χ0n) is 12.4. The van der Waals surface area contributed by atoms with Crippen molar-refractivity contribution in [1.29, 1.82) is 0 Å². The van der Waals surface area contributed by atoms with Crippen molar-refractivity contribution in [1.82, 2.24) is 10.4 Å². The maximum absolute atomic E-state index is 11.8. The van der Waals surface area contributed by atoms with Gasteiger partial charge in [-0.3, -0.25) is 9.78 Å². The van der Waals surface area contributed by atoms with Crippen molar-refractivity contribution in [3.63, 3.8) is 0 Å². The first-order chi connectivity index (χ1) is 10.6. The van der Waals surface area contributed by atoms with E-state index in [9.17, 15) is 9.90 Å². The topological polar surface area (TPSA) is 83.8 Å². The van der Waals surface area contributed by atoms with Crippen LogP contribution in [0.3, 0.4) is 0 Å². The van der Waals surface area contributed by atoms with Crippen molar-refractivity contribution in [2.45, 2.75) is 13.8 Å². The minimum atomic E-state index is -0.371. The van der Waals surface area contributed by atoms with Gasteiger partial charge in [-0.15, -0.1) is 0 Å². The van der Waals surface area contributed by atoms with Crippen molar-refractivity contribution in [2.75, 3.05) is 6.61 Å². The number of hydrogen-bond donors (Lipinski definition) is 2. The third-order valence-corrected chi connectivity index (χ3v) is 2.87. The van der Waals surface area contributed by atoms with Gasteiger partial charge in [-0.2, -0.15) is 5.10 Å². The van der Waals surface area contributed by atoms with E-state index in [1.165, 1.54) is 12.4 Å². The lowest BCUT2D eigenvalue weighted by molar-refractivity contribution is 0.0954. The third-order valence-electron chi connectivity index (χ3n) is 2.87. The lowest BCUT2D eigenvalue weighted by Gasteiger charge is -2.07. The van der Waals surface area contributed by atoms with Crippen LogP contribution in [0.5, 0.6) is 11.5 Å². The van der Waals surface area contributed by atoms with Gasteiger partial charge < -0.3 is 9.84 Å². The van der Waals surface area contributed by atoms with Crippen molar-refractivity contribution < 1.29 is 14.6 Å². The Bertz CT molecular complexity index is 682. The number of hydrogen-bond acceptors (Lipinski definition) is 5. The largest absolute Gasteiger partial charge is 0.504 e. The molecule has 0 aliphatic carbocycles. The molecule has 1 heterocycles. The standard InChI is InChI=1S/C16H17N3O3/c1-3-22-14-6-4-5-12(15(14)20)10-18-19-16(21)13-8-7-11(2)17-9-13/h4-10,20H,3H2,1-2H3,(H,19,21)/b18-10+. The van der Waals surface area contributed by atoms with E-state index in [1.54, 1.807) is 30.3 Å². The van der Waals surface area contributed by atoms with E-state index < -0.39 is 0 Å². The van der Waals surface area contributed by atoms with Crippen molar-refractivity contribution in [3.8, 4) is 11.5 Å². The number of ether oxygens (including phenoxy) is 1. The predicted molar refractivity (Wildman–Crippen MR) is 83.3 cm³/mol.